The van der Waals surface area contributed by atoms with Crippen molar-refractivity contribution < 1.29 is 33.5 Å². The summed E-state index contributed by atoms with van der Waals surface area (Å²) >= 11 is 19.1. The van der Waals surface area contributed by atoms with E-state index in [1.807, 2.05) is 101 Å². The van der Waals surface area contributed by atoms with Crippen molar-refractivity contribution >= 4 is 116 Å². The van der Waals surface area contributed by atoms with E-state index < -0.39 is 11.9 Å². The molecule has 392 valence electrons. The van der Waals surface area contributed by atoms with Crippen LogP contribution in [-0.4, -0.2) is 96.9 Å². The van der Waals surface area contributed by atoms with Crippen molar-refractivity contribution in [3.63, 3.8) is 0 Å². The van der Waals surface area contributed by atoms with Crippen LogP contribution in [0.5, 0.6) is 0 Å². The lowest BCUT2D eigenvalue weighted by atomic mass is 10.1. The number of aryl methyl sites for hydroxylation is 2. The number of fused-ring (bicyclic) bond motifs is 1. The number of hydrogen-bond acceptors (Lipinski definition) is 16. The van der Waals surface area contributed by atoms with E-state index in [4.69, 9.17) is 45.3 Å². The minimum Gasteiger partial charge on any atom is -0.431 e. The number of carbonyl (C=O) groups excluding carboxylic acids is 6. The number of esters is 1. The Morgan fingerprint density at radius 3 is 1.68 bits per heavy atom. The molecule has 3 aromatic carbocycles. The van der Waals surface area contributed by atoms with Crippen molar-refractivity contribution in [2.45, 2.75) is 86.5 Å². The highest BCUT2D eigenvalue weighted by Gasteiger charge is 2.27. The summed E-state index contributed by atoms with van der Waals surface area (Å²) in [4.78, 5) is 78.6. The molecule has 76 heavy (non-hydrogen) atoms. The molecule has 0 radical (unpaired) electrons. The molecule has 0 bridgehead atoms. The van der Waals surface area contributed by atoms with Gasteiger partial charge in [-0.2, -0.15) is 30.8 Å². The highest BCUT2D eigenvalue weighted by atomic mass is 35.5. The number of cyclic esters (lactones) is 1. The van der Waals surface area contributed by atoms with Gasteiger partial charge in [-0.25, -0.2) is 25.0 Å². The third kappa shape index (κ3) is 16.5. The summed E-state index contributed by atoms with van der Waals surface area (Å²) in [5.41, 5.74) is 9.73. The van der Waals surface area contributed by atoms with Crippen molar-refractivity contribution in [2.24, 2.45) is 20.3 Å². The summed E-state index contributed by atoms with van der Waals surface area (Å²) in [6.07, 6.45) is 4.62. The molecule has 5 aliphatic heterocycles. The van der Waals surface area contributed by atoms with Gasteiger partial charge >= 0.3 is 5.97 Å². The summed E-state index contributed by atoms with van der Waals surface area (Å²) in [7, 11) is 3.33. The molecule has 0 saturated heterocycles. The number of aromatic nitrogens is 3. The number of nitriles is 2. The van der Waals surface area contributed by atoms with E-state index in [0.29, 0.717) is 56.7 Å². The predicted molar refractivity (Wildman–Crippen MR) is 294 cm³/mol. The van der Waals surface area contributed by atoms with Crippen LogP contribution >= 0.6 is 46.1 Å². The van der Waals surface area contributed by atoms with Crippen LogP contribution in [-0.2, 0) is 28.7 Å². The number of nitrogens with zero attached hydrogens (tertiary/aromatic N) is 12. The molecule has 0 saturated carbocycles. The van der Waals surface area contributed by atoms with Gasteiger partial charge in [-0.1, -0.05) is 88.9 Å². The minimum atomic E-state index is -0.766. The molecule has 10 rings (SSSR count). The van der Waals surface area contributed by atoms with Crippen LogP contribution < -0.4 is 5.01 Å². The molecule has 7 heterocycles. The quantitative estimate of drug-likeness (QED) is 0.121. The van der Waals surface area contributed by atoms with Crippen molar-refractivity contribution in [1.29, 1.82) is 10.5 Å². The minimum absolute atomic E-state index is 0.0309. The number of carbonyl (C=O) groups is 6. The lowest BCUT2D eigenvalue weighted by molar-refractivity contribution is -0.143. The number of hydrazone groups is 3. The molecule has 0 N–H and O–H groups in total. The van der Waals surface area contributed by atoms with E-state index >= 15 is 0 Å². The van der Waals surface area contributed by atoms with Crippen LogP contribution in [0.4, 0.5) is 11.6 Å². The molecule has 0 atom stereocenters. The van der Waals surface area contributed by atoms with Crippen molar-refractivity contribution in [1.82, 2.24) is 24.6 Å². The second kappa shape index (κ2) is 27.0. The molecule has 3 amide bonds. The lowest BCUT2D eigenvalue weighted by Crippen LogP contribution is -2.20. The number of amides is 3. The molecule has 0 spiro atoms. The first kappa shape index (κ1) is 58.9. The number of ether oxygens (including phenoxy) is 1. The number of allylic oxidation sites excluding steroid dienone is 2. The summed E-state index contributed by atoms with van der Waals surface area (Å²) in [6.45, 7) is 13.0. The lowest BCUT2D eigenvalue weighted by Gasteiger charge is -2.15. The number of rotatable bonds is 4. The summed E-state index contributed by atoms with van der Waals surface area (Å²) in [5.74, 6) is -0.478. The number of hydrogen-bond donors (Lipinski definition) is 0. The van der Waals surface area contributed by atoms with Crippen LogP contribution in [0.2, 0.25) is 15.1 Å². The molecular weight excluding hydrogens is 1060 g/mol. The number of imidazole rings is 1. The van der Waals surface area contributed by atoms with Crippen LogP contribution in [0.3, 0.4) is 0 Å². The van der Waals surface area contributed by atoms with E-state index in [1.54, 1.807) is 34.1 Å². The fraction of sp³-hybridized carbons (Fsp3) is 0.283. The van der Waals surface area contributed by atoms with Gasteiger partial charge in [-0.15, -0.1) is 11.3 Å². The van der Waals surface area contributed by atoms with Gasteiger partial charge in [0.25, 0.3) is 5.91 Å². The van der Waals surface area contributed by atoms with Crippen molar-refractivity contribution in [2.75, 3.05) is 19.1 Å². The third-order valence-electron chi connectivity index (χ3n) is 10.7. The van der Waals surface area contributed by atoms with Crippen LogP contribution in [0, 0.1) is 36.5 Å². The zero-order chi connectivity index (χ0) is 56.0. The van der Waals surface area contributed by atoms with Crippen LogP contribution in [0.25, 0.3) is 22.5 Å². The maximum Gasteiger partial charge on any atom is 0.318 e. The SMILES string of the molecule is CC1=CC(=O)CC(=O)O1.CC1=NN(C)C(=O)C1.CC1=NN(C)C(=O)C1.CC1=NN(c2c(Cl)cc(Cl)cc2Cl)C(=O)C1.CC1=Nc2nc(-c3ccc(C)cc3)cn2C(=O)C1.Cc1ccccc1-c1csc(C(C#N)C#N)n1. The number of halogens is 3. The van der Waals surface area contributed by atoms with Gasteiger partial charge in [0.05, 0.1) is 59.3 Å². The van der Waals surface area contributed by atoms with Gasteiger partial charge in [0, 0.05) is 70.7 Å². The van der Waals surface area contributed by atoms with Crippen LogP contribution in [0.15, 0.2) is 104 Å². The summed E-state index contributed by atoms with van der Waals surface area (Å²) in [6, 6.07) is 22.9. The Labute approximate surface area is 458 Å². The van der Waals surface area contributed by atoms with E-state index in [-0.39, 0.29) is 42.3 Å². The number of ketones is 1. The highest BCUT2D eigenvalue weighted by Crippen LogP contribution is 2.38. The number of thiazole rings is 1. The first-order valence-corrected chi connectivity index (χ1v) is 25.1. The van der Waals surface area contributed by atoms with E-state index in [2.05, 4.69) is 35.0 Å². The van der Waals surface area contributed by atoms with Gasteiger partial charge in [0.1, 0.15) is 22.9 Å². The average Bonchev–Trinajstić information content (AvgIpc) is 4.18. The summed E-state index contributed by atoms with van der Waals surface area (Å²) < 4.78 is 6.09. The number of anilines is 1. The second-order valence-electron chi connectivity index (χ2n) is 17.3. The smallest absolute Gasteiger partial charge is 0.318 e. The first-order valence-electron chi connectivity index (χ1n) is 23.1. The Morgan fingerprint density at radius 1 is 0.658 bits per heavy atom. The second-order valence-corrected chi connectivity index (χ2v) is 19.5. The van der Waals surface area contributed by atoms with Gasteiger partial charge in [0.2, 0.25) is 23.7 Å². The summed E-state index contributed by atoms with van der Waals surface area (Å²) in [5, 5.41) is 36.9. The highest BCUT2D eigenvalue weighted by molar-refractivity contribution is 7.10. The van der Waals surface area contributed by atoms with E-state index in [1.165, 1.54) is 54.7 Å². The Kier molecular flexibility index (Phi) is 20.9. The van der Waals surface area contributed by atoms with Crippen molar-refractivity contribution in [3.8, 4) is 34.7 Å². The Morgan fingerprint density at radius 2 is 1.21 bits per heavy atom. The Hall–Kier alpha value is -8.01. The standard InChI is InChI=1S/C14H13N3O.C13H9N3S.C10H7Cl3N2O.C6H6O3.2C5H8N2O/c1-9-3-5-11(6-4-9)12-8-17-13(18)7-10(2)15-14(17)16-12;1-9-4-2-3-5-11(9)12-8-17-13(16-12)10(6-14)7-15;1-5-2-9(16)15(14-5)10-7(12)3-6(11)4-8(10)13;1-4-2-5(7)3-6(8)9-4;2*1-4-3-5(8)7(2)6-4/h3-6,8H,7H2,1-2H3;2-5,8,10H,1H3;3-4H,2H2,1H3;2H,3H2,1H3;2*3H2,1-2H3. The zero-order valence-electron chi connectivity index (χ0n) is 42.9. The fourth-order valence-electron chi connectivity index (χ4n) is 7.05. The predicted octanol–water partition coefficient (Wildman–Crippen LogP) is 10.9. The zero-order valence-corrected chi connectivity index (χ0v) is 46.0. The monoisotopic (exact) mass is 1100 g/mol. The normalized spacial score (nSPS) is 15.2. The maximum atomic E-state index is 11.8. The maximum absolute atomic E-state index is 11.8. The van der Waals surface area contributed by atoms with Gasteiger partial charge in [-0.3, -0.25) is 33.3 Å². The Bertz CT molecular complexity index is 3250. The molecular formula is C53H51Cl3N12O7S. The van der Waals surface area contributed by atoms with Crippen LogP contribution in [0.1, 0.15) is 93.6 Å². The largest absolute Gasteiger partial charge is 0.431 e. The number of aliphatic imine (C=N–C) groups is 1. The van der Waals surface area contributed by atoms with Gasteiger partial charge < -0.3 is 4.74 Å². The molecule has 2 aromatic heterocycles. The van der Waals surface area contributed by atoms with Gasteiger partial charge in [0.15, 0.2) is 11.7 Å². The van der Waals surface area contributed by atoms with Crippen molar-refractivity contribution in [3.05, 3.63) is 115 Å². The fourth-order valence-corrected chi connectivity index (χ4v) is 8.83. The molecule has 0 fully saturated rings. The topological polar surface area (TPSA) is 249 Å². The molecule has 0 unspecified atom stereocenters. The first-order chi connectivity index (χ1) is 36.0. The third-order valence-corrected chi connectivity index (χ3v) is 12.4. The Balaban J connectivity index is 0.000000174. The van der Waals surface area contributed by atoms with Gasteiger partial charge in [-0.05, 0) is 66.2 Å². The molecule has 0 aliphatic carbocycles. The number of benzene rings is 3. The average molecular weight is 1110 g/mol. The van der Waals surface area contributed by atoms with E-state index in [0.717, 1.165) is 50.9 Å². The molecule has 5 aromatic rings. The van der Waals surface area contributed by atoms with E-state index in [9.17, 15) is 28.8 Å². The molecule has 23 heteroatoms. The molecule has 19 nitrogen and oxygen atoms in total. The molecule has 5 aliphatic rings.